The molecule has 1 rings (SSSR count). The van der Waals surface area contributed by atoms with Crippen LogP contribution >= 0.6 is 0 Å². The van der Waals surface area contributed by atoms with E-state index in [2.05, 4.69) is 9.99 Å². The lowest BCUT2D eigenvalue weighted by molar-refractivity contribution is -0.384. The van der Waals surface area contributed by atoms with Crippen molar-refractivity contribution in [3.63, 3.8) is 0 Å². The fraction of sp³-hybridized carbons (Fsp3) is 0.214. The minimum atomic E-state index is -0.660. The highest BCUT2D eigenvalue weighted by Gasteiger charge is 2.10. The number of ether oxygens (including phenoxy) is 1. The Kier molecular flexibility index (Phi) is 6.42. The van der Waals surface area contributed by atoms with E-state index in [1.54, 1.807) is 6.92 Å². The van der Waals surface area contributed by atoms with E-state index < -0.39 is 16.9 Å². The molecule has 8 heteroatoms. The number of nitrogens with zero attached hydrogens (tertiary/aromatic N) is 2. The third-order valence-corrected chi connectivity index (χ3v) is 2.29. The van der Waals surface area contributed by atoms with Crippen molar-refractivity contribution in [1.82, 2.24) is 0 Å². The summed E-state index contributed by atoms with van der Waals surface area (Å²) in [6, 6.07) is 5.54. The molecule has 22 heavy (non-hydrogen) atoms. The van der Waals surface area contributed by atoms with Gasteiger partial charge in [-0.15, -0.1) is 0 Å². The van der Waals surface area contributed by atoms with Gasteiger partial charge in [0.05, 0.1) is 11.5 Å². The lowest BCUT2D eigenvalue weighted by atomic mass is 10.1. The Morgan fingerprint density at radius 3 is 2.68 bits per heavy atom. The number of benzene rings is 1. The molecule has 0 aliphatic rings. The summed E-state index contributed by atoms with van der Waals surface area (Å²) < 4.78 is 4.72. The zero-order chi connectivity index (χ0) is 16.5. The van der Waals surface area contributed by atoms with E-state index >= 15 is 0 Å². The summed E-state index contributed by atoms with van der Waals surface area (Å²) in [5.74, 6) is -1.27. The molecular weight excluding hydrogens is 292 g/mol. The van der Waals surface area contributed by atoms with Crippen molar-refractivity contribution in [2.24, 2.45) is 5.16 Å². The van der Waals surface area contributed by atoms with E-state index in [0.29, 0.717) is 5.56 Å². The number of hydrogen-bond acceptors (Lipinski definition) is 7. The third kappa shape index (κ3) is 5.53. The molecule has 0 spiro atoms. The monoisotopic (exact) mass is 306 g/mol. The second-order valence-electron chi connectivity index (χ2n) is 3.95. The maximum Gasteiger partial charge on any atom is 0.332 e. The number of hydrogen-bond donors (Lipinski definition) is 0. The van der Waals surface area contributed by atoms with Gasteiger partial charge in [-0.25, -0.2) is 9.59 Å². The maximum absolute atomic E-state index is 11.3. The van der Waals surface area contributed by atoms with Gasteiger partial charge < -0.3 is 9.57 Å². The van der Waals surface area contributed by atoms with E-state index in [1.807, 2.05) is 0 Å². The minimum absolute atomic E-state index is 0.0759. The number of allylic oxidation sites excluding steroid dienone is 1. The van der Waals surface area contributed by atoms with Crippen molar-refractivity contribution in [1.29, 1.82) is 0 Å². The quantitative estimate of drug-likeness (QED) is 0.198. The molecule has 0 saturated heterocycles. The van der Waals surface area contributed by atoms with Gasteiger partial charge in [-0.3, -0.25) is 10.1 Å². The van der Waals surface area contributed by atoms with Crippen molar-refractivity contribution < 1.29 is 24.1 Å². The third-order valence-electron chi connectivity index (χ3n) is 2.29. The van der Waals surface area contributed by atoms with Gasteiger partial charge in [-0.05, 0) is 13.0 Å². The molecule has 8 nitrogen and oxygen atoms in total. The molecule has 0 N–H and O–H groups in total. The molecule has 116 valence electrons. The summed E-state index contributed by atoms with van der Waals surface area (Å²) in [6.07, 6.45) is 2.34. The zero-order valence-electron chi connectivity index (χ0n) is 12.0. The van der Waals surface area contributed by atoms with Gasteiger partial charge in [0.15, 0.2) is 0 Å². The Hall–Kier alpha value is -3.03. The summed E-state index contributed by atoms with van der Waals surface area (Å²) in [5, 5.41) is 14.4. The maximum atomic E-state index is 11.3. The lowest BCUT2D eigenvalue weighted by Gasteiger charge is -2.01. The molecule has 0 atom stereocenters. The van der Waals surface area contributed by atoms with Crippen LogP contribution in [0.2, 0.25) is 0 Å². The average molecular weight is 306 g/mol. The highest BCUT2D eigenvalue weighted by atomic mass is 16.7. The Morgan fingerprint density at radius 2 is 2.09 bits per heavy atom. The van der Waals surface area contributed by atoms with Gasteiger partial charge in [-0.2, -0.15) is 0 Å². The van der Waals surface area contributed by atoms with Crippen LogP contribution in [0.1, 0.15) is 19.4 Å². The van der Waals surface area contributed by atoms with Crippen LogP contribution in [-0.2, 0) is 19.2 Å². The Labute approximate surface area is 126 Å². The van der Waals surface area contributed by atoms with Crippen LogP contribution in [0.5, 0.6) is 0 Å². The zero-order valence-corrected chi connectivity index (χ0v) is 12.0. The Morgan fingerprint density at radius 1 is 1.36 bits per heavy atom. The van der Waals surface area contributed by atoms with Crippen LogP contribution in [0.3, 0.4) is 0 Å². The van der Waals surface area contributed by atoms with E-state index in [9.17, 15) is 19.7 Å². The highest BCUT2D eigenvalue weighted by molar-refractivity contribution is 6.10. The second kappa shape index (κ2) is 8.30. The first kappa shape index (κ1) is 17.0. The molecule has 0 aliphatic carbocycles. The number of rotatable bonds is 6. The largest absolute Gasteiger partial charge is 0.463 e. The van der Waals surface area contributed by atoms with Gasteiger partial charge in [0.25, 0.3) is 5.69 Å². The Bertz CT molecular complexity index is 636. The van der Waals surface area contributed by atoms with Gasteiger partial charge in [0.1, 0.15) is 5.71 Å². The molecule has 0 bridgehead atoms. The predicted octanol–water partition coefficient (Wildman–Crippen LogP) is 1.98. The van der Waals surface area contributed by atoms with Crippen LogP contribution in [0.4, 0.5) is 5.69 Å². The van der Waals surface area contributed by atoms with Crippen molar-refractivity contribution in [2.45, 2.75) is 13.8 Å². The van der Waals surface area contributed by atoms with E-state index in [0.717, 1.165) is 13.0 Å². The summed E-state index contributed by atoms with van der Waals surface area (Å²) in [5.41, 5.74) is 0.237. The van der Waals surface area contributed by atoms with E-state index in [-0.39, 0.29) is 18.0 Å². The molecule has 0 fully saturated rings. The van der Waals surface area contributed by atoms with Crippen LogP contribution in [0, 0.1) is 10.1 Å². The lowest BCUT2D eigenvalue weighted by Crippen LogP contribution is -2.05. The van der Waals surface area contributed by atoms with Crippen molar-refractivity contribution in [3.8, 4) is 0 Å². The molecule has 0 unspecified atom stereocenters. The molecule has 0 heterocycles. The predicted molar refractivity (Wildman–Crippen MR) is 77.2 cm³/mol. The van der Waals surface area contributed by atoms with Crippen LogP contribution < -0.4 is 0 Å². The molecule has 0 radical (unpaired) electrons. The number of nitro groups is 1. The molecule has 1 aromatic rings. The highest BCUT2D eigenvalue weighted by Crippen LogP contribution is 2.14. The van der Waals surface area contributed by atoms with Gasteiger partial charge in [0.2, 0.25) is 0 Å². The number of non-ortho nitro benzene ring substituents is 1. The summed E-state index contributed by atoms with van der Waals surface area (Å²) in [6.45, 7) is 3.01. The first-order valence-corrected chi connectivity index (χ1v) is 6.29. The number of carbonyl (C=O) groups is 2. The molecule has 0 aromatic heterocycles. The van der Waals surface area contributed by atoms with E-state index in [1.165, 1.54) is 30.3 Å². The summed E-state index contributed by atoms with van der Waals surface area (Å²) in [7, 11) is 0. The van der Waals surface area contributed by atoms with Crippen molar-refractivity contribution in [2.75, 3.05) is 6.61 Å². The first-order valence-electron chi connectivity index (χ1n) is 6.29. The SMILES string of the molecule is CCOC(=O)C=CC(=NOC(C)=O)c1cccc([N+](=O)[O-])c1. The Balaban J connectivity index is 3.12. The molecule has 0 saturated carbocycles. The standard InChI is InChI=1S/C14H14N2O6/c1-3-21-14(18)8-7-13(15-22-10(2)17)11-5-4-6-12(9-11)16(19)20/h4-9H,3H2,1-2H3. The smallest absolute Gasteiger partial charge is 0.332 e. The normalized spacial score (nSPS) is 11.3. The molecular formula is C14H14N2O6. The fourth-order valence-electron chi connectivity index (χ4n) is 1.41. The van der Waals surface area contributed by atoms with Crippen molar-refractivity contribution >= 4 is 23.3 Å². The topological polar surface area (TPSA) is 108 Å². The van der Waals surface area contributed by atoms with Gasteiger partial charge in [0, 0.05) is 30.7 Å². The number of esters is 1. The summed E-state index contributed by atoms with van der Waals surface area (Å²) >= 11 is 0. The second-order valence-corrected chi connectivity index (χ2v) is 3.95. The first-order chi connectivity index (χ1) is 10.4. The van der Waals surface area contributed by atoms with Gasteiger partial charge in [-0.1, -0.05) is 17.3 Å². The minimum Gasteiger partial charge on any atom is -0.463 e. The van der Waals surface area contributed by atoms with Crippen LogP contribution in [0.15, 0.2) is 41.6 Å². The molecule has 1 aromatic carbocycles. The fourth-order valence-corrected chi connectivity index (χ4v) is 1.41. The van der Waals surface area contributed by atoms with Crippen LogP contribution in [-0.4, -0.2) is 29.2 Å². The van der Waals surface area contributed by atoms with Crippen LogP contribution in [0.25, 0.3) is 0 Å². The summed E-state index contributed by atoms with van der Waals surface area (Å²) in [4.78, 5) is 36.9. The molecule has 0 amide bonds. The molecule has 0 aliphatic heterocycles. The average Bonchev–Trinajstić information content (AvgIpc) is 2.47. The number of carbonyl (C=O) groups excluding carboxylic acids is 2. The van der Waals surface area contributed by atoms with E-state index in [4.69, 9.17) is 4.74 Å². The van der Waals surface area contributed by atoms with Gasteiger partial charge >= 0.3 is 11.9 Å². The van der Waals surface area contributed by atoms with Crippen molar-refractivity contribution in [3.05, 3.63) is 52.1 Å². The number of oxime groups is 1. The number of nitro benzene ring substituents is 1.